The average Bonchev–Trinajstić information content (AvgIpc) is 2.22. The van der Waals surface area contributed by atoms with Gasteiger partial charge in [-0.25, -0.2) is 4.39 Å². The molecule has 1 nitrogen and oxygen atoms in total. The first kappa shape index (κ1) is 6.46. The van der Waals surface area contributed by atoms with Crippen molar-refractivity contribution in [1.29, 1.82) is 0 Å². The lowest BCUT2D eigenvalue weighted by Crippen LogP contribution is -2.29. The van der Waals surface area contributed by atoms with Crippen LogP contribution in [0.15, 0.2) is 18.2 Å². The van der Waals surface area contributed by atoms with Gasteiger partial charge in [-0.3, -0.25) is 0 Å². The number of fused-ring (bicyclic) bond motifs is 3. The monoisotopic (exact) mass is 163 g/mol. The van der Waals surface area contributed by atoms with E-state index in [1.165, 1.54) is 24.5 Å². The lowest BCUT2D eigenvalue weighted by Gasteiger charge is -2.30. The van der Waals surface area contributed by atoms with E-state index in [-0.39, 0.29) is 5.82 Å². The molecule has 1 saturated carbocycles. The molecule has 62 valence electrons. The molecular weight excluding hydrogens is 153 g/mol. The topological polar surface area (TPSA) is 12.0 Å². The summed E-state index contributed by atoms with van der Waals surface area (Å²) in [7, 11) is 0. The van der Waals surface area contributed by atoms with Crippen LogP contribution in [0.3, 0.4) is 0 Å². The van der Waals surface area contributed by atoms with E-state index in [1.807, 2.05) is 6.07 Å². The molecule has 0 bridgehead atoms. The molecule has 0 radical (unpaired) electrons. The zero-order valence-corrected chi connectivity index (χ0v) is 6.68. The van der Waals surface area contributed by atoms with Crippen LogP contribution in [0.4, 0.5) is 10.1 Å². The highest BCUT2D eigenvalue weighted by Crippen LogP contribution is 2.47. The van der Waals surface area contributed by atoms with Gasteiger partial charge in [0.25, 0.3) is 0 Å². The predicted molar refractivity (Wildman–Crippen MR) is 45.8 cm³/mol. The van der Waals surface area contributed by atoms with Crippen molar-refractivity contribution in [3.63, 3.8) is 0 Å². The van der Waals surface area contributed by atoms with Gasteiger partial charge in [-0.05, 0) is 36.6 Å². The highest BCUT2D eigenvalue weighted by Gasteiger charge is 2.38. The first-order chi connectivity index (χ1) is 5.84. The minimum atomic E-state index is -0.108. The standard InChI is InChI=1S/C10H10FN/c11-6-1-3-10-8(5-6)7-2-4-9(7)12-10/h1,3,5,7,9,12H,2,4H2. The van der Waals surface area contributed by atoms with Gasteiger partial charge in [0.05, 0.1) is 0 Å². The van der Waals surface area contributed by atoms with E-state index >= 15 is 0 Å². The van der Waals surface area contributed by atoms with Gasteiger partial charge in [-0.15, -0.1) is 0 Å². The summed E-state index contributed by atoms with van der Waals surface area (Å²) in [5, 5.41) is 3.39. The second kappa shape index (κ2) is 2.00. The summed E-state index contributed by atoms with van der Waals surface area (Å²) in [6.07, 6.45) is 2.45. The van der Waals surface area contributed by atoms with E-state index < -0.39 is 0 Å². The van der Waals surface area contributed by atoms with Crippen LogP contribution in [0.25, 0.3) is 0 Å². The molecule has 12 heavy (non-hydrogen) atoms. The van der Waals surface area contributed by atoms with Crippen molar-refractivity contribution >= 4 is 5.69 Å². The van der Waals surface area contributed by atoms with Crippen molar-refractivity contribution in [2.75, 3.05) is 5.32 Å². The number of nitrogens with one attached hydrogen (secondary N) is 1. The summed E-state index contributed by atoms with van der Waals surface area (Å²) in [5.41, 5.74) is 2.33. The van der Waals surface area contributed by atoms with Crippen molar-refractivity contribution in [3.8, 4) is 0 Å². The highest BCUT2D eigenvalue weighted by atomic mass is 19.1. The van der Waals surface area contributed by atoms with Crippen molar-refractivity contribution in [3.05, 3.63) is 29.6 Å². The van der Waals surface area contributed by atoms with Gasteiger partial charge in [0.15, 0.2) is 0 Å². The molecule has 0 saturated heterocycles. The lowest BCUT2D eigenvalue weighted by atomic mass is 9.78. The number of anilines is 1. The zero-order valence-electron chi connectivity index (χ0n) is 6.68. The van der Waals surface area contributed by atoms with E-state index in [0.29, 0.717) is 12.0 Å². The Morgan fingerprint density at radius 1 is 1.33 bits per heavy atom. The first-order valence-electron chi connectivity index (χ1n) is 4.40. The van der Waals surface area contributed by atoms with Gasteiger partial charge in [-0.2, -0.15) is 0 Å². The number of hydrogen-bond donors (Lipinski definition) is 1. The molecule has 0 aromatic heterocycles. The Hall–Kier alpha value is -1.05. The maximum atomic E-state index is 12.9. The largest absolute Gasteiger partial charge is 0.381 e. The molecule has 0 amide bonds. The van der Waals surface area contributed by atoms with Crippen LogP contribution in [0.5, 0.6) is 0 Å². The summed E-state index contributed by atoms with van der Waals surface area (Å²) in [5.74, 6) is 0.485. The number of rotatable bonds is 0. The molecule has 1 aromatic rings. The van der Waals surface area contributed by atoms with E-state index in [1.54, 1.807) is 6.07 Å². The smallest absolute Gasteiger partial charge is 0.123 e. The van der Waals surface area contributed by atoms with Crippen LogP contribution in [-0.2, 0) is 0 Å². The van der Waals surface area contributed by atoms with E-state index in [4.69, 9.17) is 0 Å². The fourth-order valence-corrected chi connectivity index (χ4v) is 2.22. The summed E-state index contributed by atoms with van der Waals surface area (Å²) in [6, 6.07) is 5.65. The van der Waals surface area contributed by atoms with Gasteiger partial charge >= 0.3 is 0 Å². The maximum absolute atomic E-state index is 12.9. The fourth-order valence-electron chi connectivity index (χ4n) is 2.22. The van der Waals surface area contributed by atoms with Crippen molar-refractivity contribution < 1.29 is 4.39 Å². The van der Waals surface area contributed by atoms with Crippen LogP contribution in [0.1, 0.15) is 24.3 Å². The third-order valence-corrected chi connectivity index (χ3v) is 3.03. The lowest BCUT2D eigenvalue weighted by molar-refractivity contribution is 0.390. The third-order valence-electron chi connectivity index (χ3n) is 3.03. The van der Waals surface area contributed by atoms with Gasteiger partial charge in [0, 0.05) is 17.6 Å². The van der Waals surface area contributed by atoms with Crippen LogP contribution in [0, 0.1) is 5.82 Å². The molecule has 1 aliphatic heterocycles. The molecule has 1 aliphatic carbocycles. The Labute approximate surface area is 70.6 Å². The van der Waals surface area contributed by atoms with Gasteiger partial charge < -0.3 is 5.32 Å². The molecule has 2 heteroatoms. The van der Waals surface area contributed by atoms with E-state index in [0.717, 1.165) is 5.69 Å². The third kappa shape index (κ3) is 0.675. The molecule has 1 fully saturated rings. The van der Waals surface area contributed by atoms with Crippen LogP contribution < -0.4 is 5.32 Å². The fraction of sp³-hybridized carbons (Fsp3) is 0.400. The van der Waals surface area contributed by atoms with Crippen LogP contribution >= 0.6 is 0 Å². The van der Waals surface area contributed by atoms with Crippen LogP contribution in [-0.4, -0.2) is 6.04 Å². The predicted octanol–water partition coefficient (Wildman–Crippen LogP) is 2.50. The Kier molecular flexibility index (Phi) is 1.08. The second-order valence-corrected chi connectivity index (χ2v) is 3.67. The molecule has 2 aliphatic rings. The Morgan fingerprint density at radius 2 is 2.25 bits per heavy atom. The normalized spacial score (nSPS) is 30.1. The molecule has 2 unspecified atom stereocenters. The Balaban J connectivity index is 2.13. The number of benzene rings is 1. The minimum Gasteiger partial charge on any atom is -0.381 e. The summed E-state index contributed by atoms with van der Waals surface area (Å²) >= 11 is 0. The molecular formula is C10H10FN. The van der Waals surface area contributed by atoms with Crippen molar-refractivity contribution in [2.45, 2.75) is 24.8 Å². The highest BCUT2D eigenvalue weighted by molar-refractivity contribution is 5.60. The summed E-state index contributed by atoms with van der Waals surface area (Å²) < 4.78 is 12.9. The van der Waals surface area contributed by atoms with Crippen molar-refractivity contribution in [2.24, 2.45) is 0 Å². The number of halogens is 1. The molecule has 1 N–H and O–H groups in total. The summed E-state index contributed by atoms with van der Waals surface area (Å²) in [6.45, 7) is 0. The maximum Gasteiger partial charge on any atom is 0.123 e. The molecule has 1 aromatic carbocycles. The average molecular weight is 163 g/mol. The number of hydrogen-bond acceptors (Lipinski definition) is 1. The molecule has 2 atom stereocenters. The van der Waals surface area contributed by atoms with Gasteiger partial charge in [0.1, 0.15) is 5.82 Å². The first-order valence-corrected chi connectivity index (χ1v) is 4.40. The van der Waals surface area contributed by atoms with E-state index in [2.05, 4.69) is 5.32 Å². The molecule has 1 heterocycles. The van der Waals surface area contributed by atoms with Gasteiger partial charge in [-0.1, -0.05) is 0 Å². The van der Waals surface area contributed by atoms with Crippen molar-refractivity contribution in [1.82, 2.24) is 0 Å². The minimum absolute atomic E-state index is 0.108. The summed E-state index contributed by atoms with van der Waals surface area (Å²) in [4.78, 5) is 0. The quantitative estimate of drug-likeness (QED) is 0.619. The SMILES string of the molecule is Fc1ccc2c(c1)C1CCC1N2. The molecule has 0 spiro atoms. The zero-order chi connectivity index (χ0) is 8.13. The van der Waals surface area contributed by atoms with Gasteiger partial charge in [0.2, 0.25) is 0 Å². The Bertz CT molecular complexity index is 335. The Morgan fingerprint density at radius 3 is 3.00 bits per heavy atom. The molecule has 3 rings (SSSR count). The second-order valence-electron chi connectivity index (χ2n) is 3.67. The van der Waals surface area contributed by atoms with Crippen LogP contribution in [0.2, 0.25) is 0 Å². The van der Waals surface area contributed by atoms with E-state index in [9.17, 15) is 4.39 Å².